The van der Waals surface area contributed by atoms with Gasteiger partial charge in [0.2, 0.25) is 4.96 Å². The fourth-order valence-corrected chi connectivity index (χ4v) is 3.22. The largest absolute Gasteiger partial charge is 0.330 e. The van der Waals surface area contributed by atoms with Crippen LogP contribution >= 0.6 is 22.7 Å². The number of hydrogen-bond acceptors (Lipinski definition) is 5. The smallest absolute Gasteiger partial charge is 0.216 e. The van der Waals surface area contributed by atoms with E-state index in [1.165, 1.54) is 5.69 Å². The molecule has 0 atom stereocenters. The van der Waals surface area contributed by atoms with E-state index in [0.29, 0.717) is 6.54 Å². The Morgan fingerprint density at radius 2 is 2.25 bits per heavy atom. The van der Waals surface area contributed by atoms with E-state index in [-0.39, 0.29) is 0 Å². The third kappa shape index (κ3) is 1.46. The highest BCUT2D eigenvalue weighted by molar-refractivity contribution is 7.15. The van der Waals surface area contributed by atoms with Gasteiger partial charge in [0.15, 0.2) is 5.82 Å². The van der Waals surface area contributed by atoms with E-state index in [0.717, 1.165) is 22.1 Å². The summed E-state index contributed by atoms with van der Waals surface area (Å²) in [5, 5.41) is 12.6. The average Bonchev–Trinajstić information content (AvgIpc) is 2.94. The molecule has 0 saturated carbocycles. The van der Waals surface area contributed by atoms with Crippen molar-refractivity contribution in [3.63, 3.8) is 0 Å². The fraction of sp³-hybridized carbons (Fsp3) is 0.200. The number of rotatable bonds is 3. The standard InChI is InChI=1S/C10H10N4S2/c11-4-3-7-6-16-10-13-12-9(14(7)10)8-2-1-5-15-8/h1-2,5-6H,3-4,11H2. The van der Waals surface area contributed by atoms with Crippen LogP contribution in [0.3, 0.4) is 0 Å². The topological polar surface area (TPSA) is 56.2 Å². The lowest BCUT2D eigenvalue weighted by Crippen LogP contribution is -2.05. The Hall–Kier alpha value is -1.24. The Kier molecular flexibility index (Phi) is 2.47. The zero-order chi connectivity index (χ0) is 11.0. The molecule has 6 heteroatoms. The number of nitrogens with two attached hydrogens (primary N) is 1. The summed E-state index contributed by atoms with van der Waals surface area (Å²) in [4.78, 5) is 2.08. The van der Waals surface area contributed by atoms with Crippen molar-refractivity contribution < 1.29 is 0 Å². The van der Waals surface area contributed by atoms with Crippen LogP contribution in [0.15, 0.2) is 22.9 Å². The normalized spacial score (nSPS) is 11.3. The molecule has 0 bridgehead atoms. The van der Waals surface area contributed by atoms with Crippen molar-refractivity contribution in [3.8, 4) is 10.7 Å². The van der Waals surface area contributed by atoms with Crippen LogP contribution in [0, 0.1) is 0 Å². The Balaban J connectivity index is 2.21. The summed E-state index contributed by atoms with van der Waals surface area (Å²) < 4.78 is 2.10. The van der Waals surface area contributed by atoms with Crippen molar-refractivity contribution in [3.05, 3.63) is 28.6 Å². The predicted molar refractivity (Wildman–Crippen MR) is 66.9 cm³/mol. The number of hydrogen-bond donors (Lipinski definition) is 1. The highest BCUT2D eigenvalue weighted by atomic mass is 32.1. The molecule has 3 aromatic heterocycles. The predicted octanol–water partition coefficient (Wildman–Crippen LogP) is 2.02. The monoisotopic (exact) mass is 250 g/mol. The molecule has 0 spiro atoms. The van der Waals surface area contributed by atoms with Gasteiger partial charge in [-0.25, -0.2) is 0 Å². The molecule has 0 fully saturated rings. The molecule has 3 aromatic rings. The molecule has 0 saturated heterocycles. The van der Waals surface area contributed by atoms with Crippen LogP contribution in [0.1, 0.15) is 5.69 Å². The van der Waals surface area contributed by atoms with Gasteiger partial charge < -0.3 is 5.73 Å². The SMILES string of the molecule is NCCc1csc2nnc(-c3cccs3)n12. The summed E-state index contributed by atoms with van der Waals surface area (Å²) in [6.45, 7) is 0.647. The zero-order valence-electron chi connectivity index (χ0n) is 8.46. The van der Waals surface area contributed by atoms with Gasteiger partial charge in [-0.05, 0) is 18.0 Å². The molecule has 82 valence electrons. The van der Waals surface area contributed by atoms with Crippen LogP contribution < -0.4 is 5.73 Å². The summed E-state index contributed by atoms with van der Waals surface area (Å²) in [6, 6.07) is 4.08. The van der Waals surface area contributed by atoms with Crippen molar-refractivity contribution in [1.29, 1.82) is 0 Å². The summed E-state index contributed by atoms with van der Waals surface area (Å²) in [5.41, 5.74) is 6.79. The maximum absolute atomic E-state index is 5.60. The Morgan fingerprint density at radius 1 is 1.31 bits per heavy atom. The molecule has 0 aliphatic heterocycles. The molecule has 4 nitrogen and oxygen atoms in total. The molecule has 16 heavy (non-hydrogen) atoms. The van der Waals surface area contributed by atoms with Crippen LogP contribution in [-0.2, 0) is 6.42 Å². The van der Waals surface area contributed by atoms with Gasteiger partial charge in [0, 0.05) is 17.5 Å². The lowest BCUT2D eigenvalue weighted by molar-refractivity contribution is 0.908. The van der Waals surface area contributed by atoms with E-state index < -0.39 is 0 Å². The number of fused-ring (bicyclic) bond motifs is 1. The molecule has 0 aromatic carbocycles. The van der Waals surface area contributed by atoms with Crippen molar-refractivity contribution in [2.24, 2.45) is 5.73 Å². The van der Waals surface area contributed by atoms with E-state index in [2.05, 4.69) is 26.0 Å². The van der Waals surface area contributed by atoms with E-state index in [1.807, 2.05) is 11.4 Å². The number of nitrogens with zero attached hydrogens (tertiary/aromatic N) is 3. The molecular weight excluding hydrogens is 240 g/mol. The Labute approximate surface area is 100 Å². The first-order valence-corrected chi connectivity index (χ1v) is 6.71. The van der Waals surface area contributed by atoms with Gasteiger partial charge in [0.25, 0.3) is 0 Å². The van der Waals surface area contributed by atoms with E-state index >= 15 is 0 Å². The zero-order valence-corrected chi connectivity index (χ0v) is 10.1. The highest BCUT2D eigenvalue weighted by Gasteiger charge is 2.13. The van der Waals surface area contributed by atoms with Crippen LogP contribution in [0.25, 0.3) is 15.7 Å². The number of aromatic nitrogens is 3. The second-order valence-electron chi connectivity index (χ2n) is 3.38. The van der Waals surface area contributed by atoms with Crippen LogP contribution in [0.5, 0.6) is 0 Å². The van der Waals surface area contributed by atoms with Crippen LogP contribution in [0.2, 0.25) is 0 Å². The first-order valence-electron chi connectivity index (χ1n) is 4.95. The summed E-state index contributed by atoms with van der Waals surface area (Å²) in [7, 11) is 0. The molecule has 0 aliphatic rings. The molecule has 0 amide bonds. The molecule has 2 N–H and O–H groups in total. The van der Waals surface area contributed by atoms with Gasteiger partial charge in [-0.3, -0.25) is 4.40 Å². The first kappa shape index (κ1) is 9.95. The van der Waals surface area contributed by atoms with E-state index in [9.17, 15) is 0 Å². The van der Waals surface area contributed by atoms with Crippen LogP contribution in [-0.4, -0.2) is 21.1 Å². The maximum atomic E-state index is 5.60. The van der Waals surface area contributed by atoms with Gasteiger partial charge in [-0.2, -0.15) is 0 Å². The molecule has 0 aliphatic carbocycles. The minimum Gasteiger partial charge on any atom is -0.330 e. The molecule has 0 unspecified atom stereocenters. The van der Waals surface area contributed by atoms with Crippen molar-refractivity contribution >= 4 is 27.6 Å². The average molecular weight is 250 g/mol. The van der Waals surface area contributed by atoms with Crippen molar-refractivity contribution in [2.45, 2.75) is 6.42 Å². The van der Waals surface area contributed by atoms with Gasteiger partial charge >= 0.3 is 0 Å². The van der Waals surface area contributed by atoms with Crippen LogP contribution in [0.4, 0.5) is 0 Å². The lowest BCUT2D eigenvalue weighted by Gasteiger charge is -1.98. The Bertz CT molecular complexity index is 593. The van der Waals surface area contributed by atoms with E-state index in [4.69, 9.17) is 5.73 Å². The minimum absolute atomic E-state index is 0.647. The van der Waals surface area contributed by atoms with E-state index in [1.54, 1.807) is 22.7 Å². The van der Waals surface area contributed by atoms with Gasteiger partial charge in [-0.1, -0.05) is 6.07 Å². The molecule has 3 heterocycles. The molecule has 3 rings (SSSR count). The van der Waals surface area contributed by atoms with Crippen molar-refractivity contribution in [1.82, 2.24) is 14.6 Å². The third-order valence-corrected chi connectivity index (χ3v) is 4.09. The van der Waals surface area contributed by atoms with Crippen molar-refractivity contribution in [2.75, 3.05) is 6.54 Å². The lowest BCUT2D eigenvalue weighted by atomic mass is 10.3. The quantitative estimate of drug-likeness (QED) is 0.773. The second kappa shape index (κ2) is 3.97. The Morgan fingerprint density at radius 3 is 3.00 bits per heavy atom. The maximum Gasteiger partial charge on any atom is 0.216 e. The fourth-order valence-electron chi connectivity index (χ4n) is 1.66. The van der Waals surface area contributed by atoms with Gasteiger partial charge in [0.05, 0.1) is 4.88 Å². The number of thiazole rings is 1. The highest BCUT2D eigenvalue weighted by Crippen LogP contribution is 2.27. The third-order valence-electron chi connectivity index (χ3n) is 2.36. The second-order valence-corrected chi connectivity index (χ2v) is 5.17. The van der Waals surface area contributed by atoms with Gasteiger partial charge in [-0.15, -0.1) is 32.9 Å². The summed E-state index contributed by atoms with van der Waals surface area (Å²) >= 11 is 3.29. The summed E-state index contributed by atoms with van der Waals surface area (Å²) in [6.07, 6.45) is 0.858. The van der Waals surface area contributed by atoms with Gasteiger partial charge in [0.1, 0.15) is 0 Å². The number of thiophene rings is 1. The first-order chi connectivity index (χ1) is 7.90. The molecule has 0 radical (unpaired) electrons. The molecular formula is C10H10N4S2. The summed E-state index contributed by atoms with van der Waals surface area (Å²) in [5.74, 6) is 0.926. The minimum atomic E-state index is 0.647.